The summed E-state index contributed by atoms with van der Waals surface area (Å²) in [4.78, 5) is 10.5. The molecular weight excluding hydrogens is 470 g/mol. The van der Waals surface area contributed by atoms with Gasteiger partial charge in [0.05, 0.1) is 21.7 Å². The topological polar surface area (TPSA) is 123 Å². The smallest absolute Gasteiger partial charge is 0.387 e. The highest BCUT2D eigenvalue weighted by Gasteiger charge is 2.22. The van der Waals surface area contributed by atoms with Crippen LogP contribution in [0.15, 0.2) is 70.7 Å². The first-order valence-electron chi connectivity index (χ1n) is 9.77. The van der Waals surface area contributed by atoms with Gasteiger partial charge in [-0.3, -0.25) is 20.3 Å². The maximum absolute atomic E-state index is 12.8. The number of rotatable bonds is 9. The molecule has 3 aromatic rings. The highest BCUT2D eigenvalue weighted by molar-refractivity contribution is 7.92. The predicted molar refractivity (Wildman–Crippen MR) is 124 cm³/mol. The lowest BCUT2D eigenvalue weighted by atomic mass is 10.1. The Hall–Kier alpha value is -4.06. The zero-order chi connectivity index (χ0) is 24.9. The van der Waals surface area contributed by atoms with Gasteiger partial charge in [-0.1, -0.05) is 17.7 Å². The second-order valence-electron chi connectivity index (χ2n) is 7.18. The molecular formula is C22H20F2N4O5S. The van der Waals surface area contributed by atoms with Gasteiger partial charge in [0.1, 0.15) is 11.4 Å². The molecule has 0 radical (unpaired) electrons. The first-order valence-corrected chi connectivity index (χ1v) is 11.3. The molecule has 0 atom stereocenters. The van der Waals surface area contributed by atoms with Crippen LogP contribution in [-0.2, 0) is 10.0 Å². The molecule has 0 saturated heterocycles. The fraction of sp³-hybridized carbons (Fsp3) is 0.136. The van der Waals surface area contributed by atoms with Crippen molar-refractivity contribution in [1.29, 1.82) is 0 Å². The molecule has 0 aliphatic rings. The number of hydrogen-bond acceptors (Lipinski definition) is 7. The zero-order valence-corrected chi connectivity index (χ0v) is 18.8. The Bertz CT molecular complexity index is 1330. The van der Waals surface area contributed by atoms with Crippen LogP contribution in [0.4, 0.5) is 25.8 Å². The van der Waals surface area contributed by atoms with Crippen molar-refractivity contribution < 1.29 is 26.9 Å². The molecule has 0 aromatic heterocycles. The minimum atomic E-state index is -4.08. The van der Waals surface area contributed by atoms with E-state index in [9.17, 15) is 27.3 Å². The number of hydrogen-bond donors (Lipinski definition) is 2. The third-order valence-corrected chi connectivity index (χ3v) is 5.97. The van der Waals surface area contributed by atoms with Crippen molar-refractivity contribution in [3.05, 3.63) is 87.5 Å². The van der Waals surface area contributed by atoms with Crippen LogP contribution >= 0.6 is 0 Å². The highest BCUT2D eigenvalue weighted by Crippen LogP contribution is 2.29. The van der Waals surface area contributed by atoms with E-state index in [1.807, 2.05) is 13.0 Å². The number of benzene rings is 3. The number of ether oxygens (including phenoxy) is 1. The van der Waals surface area contributed by atoms with E-state index in [2.05, 4.69) is 20.0 Å². The van der Waals surface area contributed by atoms with Gasteiger partial charge in [-0.15, -0.1) is 0 Å². The molecule has 0 aliphatic carbocycles. The highest BCUT2D eigenvalue weighted by atomic mass is 32.2. The molecule has 34 heavy (non-hydrogen) atoms. The number of nitro benzene ring substituents is 1. The Morgan fingerprint density at radius 3 is 2.32 bits per heavy atom. The number of hydrazone groups is 1. The van der Waals surface area contributed by atoms with E-state index >= 15 is 0 Å². The molecule has 9 nitrogen and oxygen atoms in total. The molecule has 0 spiro atoms. The summed E-state index contributed by atoms with van der Waals surface area (Å²) in [6.45, 7) is 0.682. The van der Waals surface area contributed by atoms with Gasteiger partial charge in [-0.25, -0.2) is 8.42 Å². The molecule has 0 heterocycles. The van der Waals surface area contributed by atoms with Crippen LogP contribution in [0.2, 0.25) is 0 Å². The summed E-state index contributed by atoms with van der Waals surface area (Å²) in [5, 5.41) is 15.4. The summed E-state index contributed by atoms with van der Waals surface area (Å²) in [5.74, 6) is -0.0259. The molecule has 0 saturated carbocycles. The molecule has 0 amide bonds. The maximum Gasteiger partial charge on any atom is 0.387 e. The number of halogens is 2. The first-order chi connectivity index (χ1) is 16.0. The van der Waals surface area contributed by atoms with E-state index in [0.717, 1.165) is 11.6 Å². The lowest BCUT2D eigenvalue weighted by Gasteiger charge is -2.12. The second kappa shape index (κ2) is 10.3. The number of alkyl halides is 2. The molecule has 3 rings (SSSR count). The monoisotopic (exact) mass is 490 g/mol. The van der Waals surface area contributed by atoms with E-state index in [-0.39, 0.29) is 16.3 Å². The molecule has 178 valence electrons. The Kier molecular flexibility index (Phi) is 7.41. The van der Waals surface area contributed by atoms with Crippen LogP contribution in [0.3, 0.4) is 0 Å². The van der Waals surface area contributed by atoms with Crippen molar-refractivity contribution in [2.24, 2.45) is 5.10 Å². The van der Waals surface area contributed by atoms with Crippen LogP contribution in [0.5, 0.6) is 5.75 Å². The van der Waals surface area contributed by atoms with Crippen LogP contribution in [-0.4, -0.2) is 26.2 Å². The lowest BCUT2D eigenvalue weighted by molar-refractivity contribution is -0.384. The Morgan fingerprint density at radius 2 is 1.71 bits per heavy atom. The molecule has 0 fully saturated rings. The summed E-state index contributed by atoms with van der Waals surface area (Å²) in [6.07, 6.45) is 1.31. The fourth-order valence-corrected chi connectivity index (χ4v) is 4.12. The summed E-state index contributed by atoms with van der Waals surface area (Å²) in [7, 11) is -4.08. The summed E-state index contributed by atoms with van der Waals surface area (Å²) in [5.41, 5.74) is 4.50. The predicted octanol–water partition coefficient (Wildman–Crippen LogP) is 5.06. The fourth-order valence-electron chi connectivity index (χ4n) is 2.97. The first kappa shape index (κ1) is 24.6. The number of nitro groups is 1. The largest absolute Gasteiger partial charge is 0.435 e. The number of nitrogens with one attached hydrogen (secondary N) is 2. The number of nitrogens with zero attached hydrogens (tertiary/aromatic N) is 2. The van der Waals surface area contributed by atoms with Crippen LogP contribution in [0, 0.1) is 24.0 Å². The molecule has 0 unspecified atom stereocenters. The van der Waals surface area contributed by atoms with Gasteiger partial charge in [-0.05, 0) is 67.4 Å². The van der Waals surface area contributed by atoms with Gasteiger partial charge in [-0.2, -0.15) is 13.9 Å². The zero-order valence-electron chi connectivity index (χ0n) is 18.0. The third-order valence-electron chi connectivity index (χ3n) is 4.61. The van der Waals surface area contributed by atoms with Gasteiger partial charge in [0, 0.05) is 6.07 Å². The average molecular weight is 490 g/mol. The normalized spacial score (nSPS) is 11.6. The molecule has 0 bridgehead atoms. The standard InChI is InChI=1S/C22H20F2N4O5S/c1-14-3-9-19(15(2)11-14)27-34(31,32)18-8-10-20(21(12-18)28(29)30)26-25-13-16-4-6-17(7-5-16)33-22(23)24/h3-13,22,26-27H,1-2H3. The van der Waals surface area contributed by atoms with Crippen LogP contribution in [0.1, 0.15) is 16.7 Å². The number of anilines is 2. The lowest BCUT2D eigenvalue weighted by Crippen LogP contribution is -2.14. The van der Waals surface area contributed by atoms with E-state index in [0.29, 0.717) is 16.8 Å². The van der Waals surface area contributed by atoms with Crippen molar-refractivity contribution >= 4 is 33.3 Å². The Morgan fingerprint density at radius 1 is 1.03 bits per heavy atom. The van der Waals surface area contributed by atoms with Crippen LogP contribution < -0.4 is 14.9 Å². The van der Waals surface area contributed by atoms with Crippen molar-refractivity contribution in [3.8, 4) is 5.75 Å². The van der Waals surface area contributed by atoms with Gasteiger partial charge in [0.25, 0.3) is 15.7 Å². The molecule has 2 N–H and O–H groups in total. The third kappa shape index (κ3) is 6.25. The molecule has 12 heteroatoms. The number of aryl methyl sites for hydroxylation is 2. The van der Waals surface area contributed by atoms with E-state index < -0.39 is 27.2 Å². The second-order valence-corrected chi connectivity index (χ2v) is 8.86. The SMILES string of the molecule is Cc1ccc(NS(=O)(=O)c2ccc(NN=Cc3ccc(OC(F)F)cc3)c([N+](=O)[O-])c2)c(C)c1. The minimum Gasteiger partial charge on any atom is -0.435 e. The van der Waals surface area contributed by atoms with E-state index in [1.165, 1.54) is 42.6 Å². The van der Waals surface area contributed by atoms with Gasteiger partial charge < -0.3 is 4.74 Å². The summed E-state index contributed by atoms with van der Waals surface area (Å²) < 4.78 is 56.6. The summed E-state index contributed by atoms with van der Waals surface area (Å²) >= 11 is 0. The minimum absolute atomic E-state index is 0.0259. The molecule has 3 aromatic carbocycles. The van der Waals surface area contributed by atoms with Crippen LogP contribution in [0.25, 0.3) is 0 Å². The van der Waals surface area contributed by atoms with Gasteiger partial charge in [0.2, 0.25) is 0 Å². The van der Waals surface area contributed by atoms with Crippen molar-refractivity contribution in [2.75, 3.05) is 10.1 Å². The Labute approximate surface area is 194 Å². The van der Waals surface area contributed by atoms with E-state index in [4.69, 9.17) is 0 Å². The van der Waals surface area contributed by atoms with Crippen molar-refractivity contribution in [2.45, 2.75) is 25.4 Å². The van der Waals surface area contributed by atoms with Crippen molar-refractivity contribution in [3.63, 3.8) is 0 Å². The maximum atomic E-state index is 12.8. The number of sulfonamides is 1. The average Bonchev–Trinajstić information content (AvgIpc) is 2.76. The Balaban J connectivity index is 1.78. The van der Waals surface area contributed by atoms with Gasteiger partial charge in [0.15, 0.2) is 0 Å². The van der Waals surface area contributed by atoms with Crippen molar-refractivity contribution in [1.82, 2.24) is 0 Å². The van der Waals surface area contributed by atoms with E-state index in [1.54, 1.807) is 19.1 Å². The summed E-state index contributed by atoms with van der Waals surface area (Å²) in [6, 6.07) is 14.1. The van der Waals surface area contributed by atoms with Gasteiger partial charge >= 0.3 is 6.61 Å². The quantitative estimate of drug-likeness (QED) is 0.246. The molecule has 0 aliphatic heterocycles.